The predicted octanol–water partition coefficient (Wildman–Crippen LogP) is 0.0650. The van der Waals surface area contributed by atoms with E-state index in [1.165, 1.54) is 0 Å². The number of rotatable bonds is 4. The monoisotopic (exact) mass is 198 g/mol. The fourth-order valence-corrected chi connectivity index (χ4v) is 1.29. The quantitative estimate of drug-likeness (QED) is 0.696. The molecule has 1 N–H and O–H groups in total. The lowest BCUT2D eigenvalue weighted by Gasteiger charge is -1.99. The van der Waals surface area contributed by atoms with Crippen LogP contribution < -0.4 is 5.32 Å². The Morgan fingerprint density at radius 1 is 1.62 bits per heavy atom. The van der Waals surface area contributed by atoms with Crippen molar-refractivity contribution in [2.75, 3.05) is 6.26 Å². The molecular formula is C8H10N2O2S. The summed E-state index contributed by atoms with van der Waals surface area (Å²) in [5.74, 6) is 0. The van der Waals surface area contributed by atoms with E-state index in [0.717, 1.165) is 5.69 Å². The topological polar surface area (TPSA) is 59.1 Å². The van der Waals surface area contributed by atoms with Crippen LogP contribution in [0.4, 0.5) is 0 Å². The van der Waals surface area contributed by atoms with E-state index >= 15 is 0 Å². The molecule has 4 nitrogen and oxygen atoms in total. The average molecular weight is 198 g/mol. The molecule has 0 aliphatic rings. The molecule has 5 heteroatoms. The van der Waals surface area contributed by atoms with Crippen LogP contribution in [0.5, 0.6) is 0 Å². The Morgan fingerprint density at radius 3 is 2.85 bits per heavy atom. The van der Waals surface area contributed by atoms with Crippen LogP contribution in [-0.2, 0) is 22.1 Å². The summed E-state index contributed by atoms with van der Waals surface area (Å²) in [6.45, 7) is 0.403. The first-order valence-corrected chi connectivity index (χ1v) is 5.25. The van der Waals surface area contributed by atoms with Crippen molar-refractivity contribution in [1.29, 1.82) is 0 Å². The highest BCUT2D eigenvalue weighted by atomic mass is 32.2. The summed E-state index contributed by atoms with van der Waals surface area (Å²) >= 11 is 0. The molecule has 1 heterocycles. The second-order valence-corrected chi connectivity index (χ2v) is 3.82. The molecule has 0 bridgehead atoms. The predicted molar refractivity (Wildman–Crippen MR) is 49.5 cm³/mol. The van der Waals surface area contributed by atoms with Crippen molar-refractivity contribution < 1.29 is 9.00 Å². The van der Waals surface area contributed by atoms with Gasteiger partial charge < -0.3 is 5.32 Å². The summed E-state index contributed by atoms with van der Waals surface area (Å²) in [4.78, 5) is 14.7. The van der Waals surface area contributed by atoms with Crippen molar-refractivity contribution in [3.63, 3.8) is 0 Å². The van der Waals surface area contributed by atoms with E-state index in [9.17, 15) is 9.00 Å². The molecular weight excluding hydrogens is 188 g/mol. The van der Waals surface area contributed by atoms with E-state index in [1.807, 2.05) is 0 Å². The van der Waals surface area contributed by atoms with E-state index in [0.29, 0.717) is 17.9 Å². The maximum atomic E-state index is 11.0. The van der Waals surface area contributed by atoms with Crippen molar-refractivity contribution in [1.82, 2.24) is 10.3 Å². The number of amides is 1. The fourth-order valence-electron chi connectivity index (χ4n) is 0.832. The Bertz CT molecular complexity index is 310. The minimum absolute atomic E-state index is 0.403. The van der Waals surface area contributed by atoms with E-state index in [2.05, 4.69) is 10.3 Å². The van der Waals surface area contributed by atoms with Gasteiger partial charge in [-0.2, -0.15) is 0 Å². The first kappa shape index (κ1) is 9.85. The molecule has 0 saturated carbocycles. The largest absolute Gasteiger partial charge is 0.353 e. The van der Waals surface area contributed by atoms with Gasteiger partial charge in [-0.3, -0.25) is 14.0 Å². The minimum Gasteiger partial charge on any atom is -0.353 e. The summed E-state index contributed by atoms with van der Waals surface area (Å²) in [6, 6.07) is 3.48. The molecule has 1 atom stereocenters. The second kappa shape index (κ2) is 4.71. The number of pyridine rings is 1. The van der Waals surface area contributed by atoms with Crippen LogP contribution in [-0.4, -0.2) is 21.9 Å². The Kier molecular flexibility index (Phi) is 3.57. The zero-order valence-electron chi connectivity index (χ0n) is 7.19. The fraction of sp³-hybridized carbons (Fsp3) is 0.250. The van der Waals surface area contributed by atoms with Crippen molar-refractivity contribution >= 4 is 17.2 Å². The van der Waals surface area contributed by atoms with Crippen LogP contribution in [0.2, 0.25) is 0 Å². The number of nitrogens with one attached hydrogen (secondary N) is 1. The highest BCUT2D eigenvalue weighted by molar-refractivity contribution is 7.84. The first-order chi connectivity index (χ1) is 6.24. The SMILES string of the molecule is CS(=O)c1ccc(CNC=O)nc1. The summed E-state index contributed by atoms with van der Waals surface area (Å²) in [7, 11) is -0.995. The summed E-state index contributed by atoms with van der Waals surface area (Å²) in [5.41, 5.74) is 0.751. The van der Waals surface area contributed by atoms with Crippen molar-refractivity contribution in [3.8, 4) is 0 Å². The van der Waals surface area contributed by atoms with Gasteiger partial charge in [-0.15, -0.1) is 0 Å². The van der Waals surface area contributed by atoms with Crippen LogP contribution in [0.25, 0.3) is 0 Å². The molecule has 0 fully saturated rings. The Hall–Kier alpha value is -1.23. The van der Waals surface area contributed by atoms with Gasteiger partial charge in [0, 0.05) is 12.5 Å². The molecule has 70 valence electrons. The van der Waals surface area contributed by atoms with E-state index in [-0.39, 0.29) is 0 Å². The molecule has 1 aromatic heterocycles. The molecule has 0 saturated heterocycles. The van der Waals surface area contributed by atoms with Crippen LogP contribution in [0, 0.1) is 0 Å². The maximum Gasteiger partial charge on any atom is 0.207 e. The minimum atomic E-state index is -0.995. The number of carbonyl (C=O) groups excluding carboxylic acids is 1. The Morgan fingerprint density at radius 2 is 2.38 bits per heavy atom. The van der Waals surface area contributed by atoms with Crippen molar-refractivity contribution in [2.24, 2.45) is 0 Å². The third kappa shape index (κ3) is 2.95. The summed E-state index contributed by atoms with van der Waals surface area (Å²) < 4.78 is 11.0. The van der Waals surface area contributed by atoms with Crippen LogP contribution >= 0.6 is 0 Å². The summed E-state index contributed by atoms with van der Waals surface area (Å²) in [5, 5.41) is 2.49. The number of aromatic nitrogens is 1. The lowest BCUT2D eigenvalue weighted by molar-refractivity contribution is -0.109. The normalized spacial score (nSPS) is 12.1. The molecule has 0 spiro atoms. The highest BCUT2D eigenvalue weighted by Gasteiger charge is 1.97. The van der Waals surface area contributed by atoms with Gasteiger partial charge in [0.1, 0.15) is 0 Å². The molecule has 0 radical (unpaired) electrons. The number of nitrogens with zero attached hydrogens (tertiary/aromatic N) is 1. The van der Waals surface area contributed by atoms with Crippen LogP contribution in [0.15, 0.2) is 23.2 Å². The standard InChI is InChI=1S/C8H10N2O2S/c1-13(12)8-3-2-7(10-5-8)4-9-6-11/h2-3,5-6H,4H2,1H3,(H,9,11). The van der Waals surface area contributed by atoms with Gasteiger partial charge in [-0.25, -0.2) is 0 Å². The molecule has 1 rings (SSSR count). The zero-order chi connectivity index (χ0) is 9.68. The van der Waals surface area contributed by atoms with E-state index in [1.54, 1.807) is 24.6 Å². The third-order valence-corrected chi connectivity index (χ3v) is 2.40. The Labute approximate surface area is 78.8 Å². The number of hydrogen-bond donors (Lipinski definition) is 1. The third-order valence-electron chi connectivity index (χ3n) is 1.50. The zero-order valence-corrected chi connectivity index (χ0v) is 8.00. The second-order valence-electron chi connectivity index (χ2n) is 2.44. The van der Waals surface area contributed by atoms with Crippen LogP contribution in [0.3, 0.4) is 0 Å². The first-order valence-electron chi connectivity index (χ1n) is 3.69. The lowest BCUT2D eigenvalue weighted by Crippen LogP contribution is -2.10. The number of carbonyl (C=O) groups is 1. The summed E-state index contributed by atoms with van der Waals surface area (Å²) in [6.07, 6.45) is 3.77. The molecule has 0 aromatic carbocycles. The average Bonchev–Trinajstić information content (AvgIpc) is 2.15. The van der Waals surface area contributed by atoms with Crippen LogP contribution in [0.1, 0.15) is 5.69 Å². The van der Waals surface area contributed by atoms with Gasteiger partial charge >= 0.3 is 0 Å². The van der Waals surface area contributed by atoms with Gasteiger partial charge in [0.25, 0.3) is 0 Å². The van der Waals surface area contributed by atoms with E-state index < -0.39 is 10.8 Å². The molecule has 0 aliphatic heterocycles. The van der Waals surface area contributed by atoms with Gasteiger partial charge in [0.15, 0.2) is 0 Å². The highest BCUT2D eigenvalue weighted by Crippen LogP contribution is 2.03. The number of hydrogen-bond acceptors (Lipinski definition) is 3. The van der Waals surface area contributed by atoms with E-state index in [4.69, 9.17) is 0 Å². The van der Waals surface area contributed by atoms with Gasteiger partial charge in [-0.1, -0.05) is 0 Å². The molecule has 1 amide bonds. The van der Waals surface area contributed by atoms with Crippen molar-refractivity contribution in [3.05, 3.63) is 24.0 Å². The lowest BCUT2D eigenvalue weighted by atomic mass is 10.3. The van der Waals surface area contributed by atoms with Crippen molar-refractivity contribution in [2.45, 2.75) is 11.4 Å². The maximum absolute atomic E-state index is 11.0. The van der Waals surface area contributed by atoms with Gasteiger partial charge in [0.2, 0.25) is 6.41 Å². The smallest absolute Gasteiger partial charge is 0.207 e. The molecule has 1 aromatic rings. The molecule has 1 unspecified atom stereocenters. The Balaban J connectivity index is 2.69. The van der Waals surface area contributed by atoms with Gasteiger partial charge in [0.05, 0.1) is 27.9 Å². The van der Waals surface area contributed by atoms with Gasteiger partial charge in [-0.05, 0) is 12.1 Å². The molecule has 13 heavy (non-hydrogen) atoms. The molecule has 0 aliphatic carbocycles.